The highest BCUT2D eigenvalue weighted by Crippen LogP contribution is 2.29. The molecule has 1 aromatic heterocycles. The van der Waals surface area contributed by atoms with Crippen LogP contribution < -0.4 is 4.74 Å². The molecule has 0 aliphatic carbocycles. The van der Waals surface area contributed by atoms with Crippen LogP contribution in [0.1, 0.15) is 25.1 Å². The highest BCUT2D eigenvalue weighted by Gasteiger charge is 2.12. The third kappa shape index (κ3) is 3.09. The summed E-state index contributed by atoms with van der Waals surface area (Å²) in [5.74, 6) is 1.07. The van der Waals surface area contributed by atoms with Crippen molar-refractivity contribution in [3.8, 4) is 11.6 Å². The van der Waals surface area contributed by atoms with Crippen molar-refractivity contribution in [1.29, 1.82) is 0 Å². The minimum absolute atomic E-state index is 0.00224. The van der Waals surface area contributed by atoms with Crippen LogP contribution in [-0.4, -0.2) is 15.8 Å². The van der Waals surface area contributed by atoms with Gasteiger partial charge in [-0.15, -0.1) is 0 Å². The number of carbonyl (C=O) groups is 1. The predicted molar refractivity (Wildman–Crippen MR) is 77.6 cm³/mol. The lowest BCUT2D eigenvalue weighted by molar-refractivity contribution is -0.111. The summed E-state index contributed by atoms with van der Waals surface area (Å²) in [5.41, 5.74) is 2.22. The fourth-order valence-electron chi connectivity index (χ4n) is 1.93. The van der Waals surface area contributed by atoms with Crippen molar-refractivity contribution in [3.63, 3.8) is 0 Å². The van der Waals surface area contributed by atoms with Gasteiger partial charge in [0.1, 0.15) is 12.1 Å². The van der Waals surface area contributed by atoms with Gasteiger partial charge in [0.05, 0.1) is 0 Å². The number of hydrogen-bond donors (Lipinski definition) is 0. The smallest absolute Gasteiger partial charge is 0.222 e. The van der Waals surface area contributed by atoms with Crippen LogP contribution >= 0.6 is 0 Å². The highest BCUT2D eigenvalue weighted by atomic mass is 16.5. The second-order valence-electron chi connectivity index (χ2n) is 4.35. The normalized spacial score (nSPS) is 11.2. The van der Waals surface area contributed by atoms with Crippen molar-refractivity contribution in [2.45, 2.75) is 20.8 Å². The van der Waals surface area contributed by atoms with Gasteiger partial charge in [-0.3, -0.25) is 4.79 Å². The van der Waals surface area contributed by atoms with Gasteiger partial charge in [0.15, 0.2) is 5.78 Å². The zero-order valence-electron chi connectivity index (χ0n) is 11.8. The van der Waals surface area contributed by atoms with Crippen LogP contribution in [0, 0.1) is 6.92 Å². The van der Waals surface area contributed by atoms with E-state index in [0.29, 0.717) is 17.2 Å². The first kappa shape index (κ1) is 13.9. The molecular weight excluding hydrogens is 252 g/mol. The Bertz CT molecular complexity index is 663. The first-order chi connectivity index (χ1) is 9.61. The van der Waals surface area contributed by atoms with E-state index in [1.54, 1.807) is 19.1 Å². The zero-order chi connectivity index (χ0) is 14.5. The predicted octanol–water partition coefficient (Wildman–Crippen LogP) is 3.57. The Balaban J connectivity index is 2.40. The van der Waals surface area contributed by atoms with Crippen molar-refractivity contribution in [2.24, 2.45) is 0 Å². The quantitative estimate of drug-likeness (QED) is 0.795. The van der Waals surface area contributed by atoms with Gasteiger partial charge >= 0.3 is 0 Å². The molecule has 0 aliphatic heterocycles. The summed E-state index contributed by atoms with van der Waals surface area (Å²) >= 11 is 0. The average Bonchev–Trinajstić information content (AvgIpc) is 2.41. The number of rotatable bonds is 4. The first-order valence-corrected chi connectivity index (χ1v) is 6.35. The lowest BCUT2D eigenvalue weighted by atomic mass is 10.0. The van der Waals surface area contributed by atoms with E-state index in [4.69, 9.17) is 4.74 Å². The number of carbonyl (C=O) groups excluding carboxylic acids is 1. The summed E-state index contributed by atoms with van der Waals surface area (Å²) < 4.78 is 5.78. The molecule has 0 bridgehead atoms. The Morgan fingerprint density at radius 2 is 2.00 bits per heavy atom. The van der Waals surface area contributed by atoms with Gasteiger partial charge in [-0.25, -0.2) is 9.97 Å². The first-order valence-electron chi connectivity index (χ1n) is 6.35. The summed E-state index contributed by atoms with van der Waals surface area (Å²) in [7, 11) is 0. The number of Topliss-reactive ketones (excluding diaryl/α,β-unsaturated/α-hetero) is 1. The number of ketones is 1. The monoisotopic (exact) mass is 268 g/mol. The molecule has 0 saturated heterocycles. The number of para-hydroxylation sites is 1. The van der Waals surface area contributed by atoms with Gasteiger partial charge in [0, 0.05) is 22.9 Å². The molecule has 0 N–H and O–H groups in total. The number of ether oxygens (including phenoxy) is 1. The summed E-state index contributed by atoms with van der Waals surface area (Å²) in [6, 6.07) is 9.17. The molecule has 4 nitrogen and oxygen atoms in total. The zero-order valence-corrected chi connectivity index (χ0v) is 11.8. The van der Waals surface area contributed by atoms with Crippen molar-refractivity contribution in [2.75, 3.05) is 0 Å². The Morgan fingerprint density at radius 3 is 2.65 bits per heavy atom. The molecule has 2 aromatic rings. The number of hydrogen-bond acceptors (Lipinski definition) is 4. The van der Waals surface area contributed by atoms with Crippen LogP contribution in [0.15, 0.2) is 42.7 Å². The Labute approximate surface area is 118 Å². The second kappa shape index (κ2) is 6.10. The van der Waals surface area contributed by atoms with Gasteiger partial charge in [-0.05, 0) is 26.8 Å². The van der Waals surface area contributed by atoms with Gasteiger partial charge in [-0.1, -0.05) is 24.3 Å². The Morgan fingerprint density at radius 1 is 1.25 bits per heavy atom. The van der Waals surface area contributed by atoms with Crippen LogP contribution in [0.2, 0.25) is 0 Å². The molecule has 4 heteroatoms. The molecule has 2 rings (SSSR count). The van der Waals surface area contributed by atoms with Crippen LogP contribution in [0.3, 0.4) is 0 Å². The fourth-order valence-corrected chi connectivity index (χ4v) is 1.93. The maximum atomic E-state index is 11.7. The fraction of sp³-hybridized carbons (Fsp3) is 0.188. The van der Waals surface area contributed by atoms with E-state index in [1.807, 2.05) is 38.1 Å². The van der Waals surface area contributed by atoms with Crippen molar-refractivity contribution in [3.05, 3.63) is 54.0 Å². The van der Waals surface area contributed by atoms with Gasteiger partial charge < -0.3 is 4.74 Å². The van der Waals surface area contributed by atoms with Crippen molar-refractivity contribution < 1.29 is 9.53 Å². The van der Waals surface area contributed by atoms with Crippen LogP contribution in [-0.2, 0) is 4.79 Å². The third-order valence-electron chi connectivity index (χ3n) is 2.84. The average molecular weight is 268 g/mol. The minimum Gasteiger partial charge on any atom is -0.438 e. The Kier molecular flexibility index (Phi) is 4.25. The van der Waals surface area contributed by atoms with Crippen molar-refractivity contribution in [1.82, 2.24) is 9.97 Å². The molecule has 20 heavy (non-hydrogen) atoms. The number of aryl methyl sites for hydroxylation is 1. The van der Waals surface area contributed by atoms with E-state index < -0.39 is 0 Å². The molecule has 0 aliphatic rings. The van der Waals surface area contributed by atoms with E-state index in [-0.39, 0.29) is 5.78 Å². The number of aromatic nitrogens is 2. The topological polar surface area (TPSA) is 52.1 Å². The van der Waals surface area contributed by atoms with Gasteiger partial charge in [0.2, 0.25) is 5.88 Å². The lowest BCUT2D eigenvalue weighted by Crippen LogP contribution is -1.99. The number of allylic oxidation sites excluding steroid dienone is 2. The molecular formula is C16H16N2O2. The molecule has 0 spiro atoms. The summed E-state index contributed by atoms with van der Waals surface area (Å²) in [6.45, 7) is 5.25. The van der Waals surface area contributed by atoms with Crippen LogP contribution in [0.25, 0.3) is 5.57 Å². The van der Waals surface area contributed by atoms with Crippen LogP contribution in [0.5, 0.6) is 11.6 Å². The third-order valence-corrected chi connectivity index (χ3v) is 2.84. The lowest BCUT2D eigenvalue weighted by Gasteiger charge is -2.11. The molecule has 102 valence electrons. The molecule has 1 aromatic carbocycles. The van der Waals surface area contributed by atoms with Gasteiger partial charge in [-0.2, -0.15) is 0 Å². The molecule has 1 heterocycles. The molecule has 0 atom stereocenters. The summed E-state index contributed by atoms with van der Waals surface area (Å²) in [4.78, 5) is 19.8. The molecule has 0 saturated carbocycles. The number of benzene rings is 1. The standard InChI is InChI=1S/C16H16N2O2/c1-4-13(12(3)19)14-7-5-6-8-15(14)20-16-9-11(2)17-10-18-16/h4-10H,1-3H3/b13-4-. The minimum atomic E-state index is 0.00224. The highest BCUT2D eigenvalue weighted by molar-refractivity contribution is 6.20. The SMILES string of the molecule is C/C=C(/C(C)=O)c1ccccc1Oc1cc(C)ncn1. The molecule has 0 amide bonds. The Hall–Kier alpha value is -2.49. The van der Waals surface area contributed by atoms with Gasteiger partial charge in [0.25, 0.3) is 0 Å². The summed E-state index contributed by atoms with van der Waals surface area (Å²) in [6.07, 6.45) is 3.24. The molecule has 0 radical (unpaired) electrons. The largest absolute Gasteiger partial charge is 0.438 e. The maximum absolute atomic E-state index is 11.7. The molecule has 0 unspecified atom stereocenters. The van der Waals surface area contributed by atoms with E-state index in [9.17, 15) is 4.79 Å². The van der Waals surface area contributed by atoms with E-state index >= 15 is 0 Å². The van der Waals surface area contributed by atoms with Crippen LogP contribution in [0.4, 0.5) is 0 Å². The summed E-state index contributed by atoms with van der Waals surface area (Å²) in [5, 5.41) is 0. The molecule has 0 fully saturated rings. The maximum Gasteiger partial charge on any atom is 0.222 e. The second-order valence-corrected chi connectivity index (χ2v) is 4.35. The van der Waals surface area contributed by atoms with E-state index in [2.05, 4.69) is 9.97 Å². The van der Waals surface area contributed by atoms with E-state index in [0.717, 1.165) is 11.3 Å². The van der Waals surface area contributed by atoms with E-state index in [1.165, 1.54) is 6.33 Å². The van der Waals surface area contributed by atoms with Crippen molar-refractivity contribution >= 4 is 11.4 Å². The number of nitrogens with zero attached hydrogens (tertiary/aromatic N) is 2.